The van der Waals surface area contributed by atoms with E-state index in [2.05, 4.69) is 14.4 Å². The lowest BCUT2D eigenvalue weighted by Gasteiger charge is -2.14. The zero-order chi connectivity index (χ0) is 20.4. The summed E-state index contributed by atoms with van der Waals surface area (Å²) in [6.07, 6.45) is -1.55. The van der Waals surface area contributed by atoms with Crippen LogP contribution in [0.1, 0.15) is 0 Å². The molecule has 1 heterocycles. The van der Waals surface area contributed by atoms with E-state index in [1.54, 1.807) is 24.5 Å². The van der Waals surface area contributed by atoms with Gasteiger partial charge in [-0.25, -0.2) is 13.4 Å². The first-order chi connectivity index (χ1) is 13.1. The molecule has 0 atom stereocenters. The van der Waals surface area contributed by atoms with Crippen molar-refractivity contribution in [3.8, 4) is 5.75 Å². The molecule has 1 aromatic heterocycles. The van der Waals surface area contributed by atoms with Crippen molar-refractivity contribution in [2.75, 3.05) is 4.72 Å². The summed E-state index contributed by atoms with van der Waals surface area (Å²) in [4.78, 5) is 4.39. The Kier molecular flexibility index (Phi) is 5.57. The number of aromatic nitrogens is 2. The van der Waals surface area contributed by atoms with Crippen LogP contribution in [0.2, 0.25) is 0 Å². The molecule has 0 aliphatic heterocycles. The van der Waals surface area contributed by atoms with Gasteiger partial charge in [0.05, 0.1) is 0 Å². The molecule has 0 unspecified atom stereocenters. The molecule has 0 saturated heterocycles. The predicted octanol–water partition coefficient (Wildman–Crippen LogP) is 4.27. The lowest BCUT2D eigenvalue weighted by molar-refractivity contribution is -0.275. The van der Waals surface area contributed by atoms with E-state index < -0.39 is 27.0 Å². The van der Waals surface area contributed by atoms with Crippen LogP contribution in [0.4, 0.5) is 18.9 Å². The monoisotopic (exact) mass is 429 g/mol. The lowest BCUT2D eigenvalue weighted by Crippen LogP contribution is -2.20. The number of aryl methyl sites for hydroxylation is 1. The molecule has 0 fully saturated rings. The first-order valence-electron chi connectivity index (χ1n) is 7.77. The van der Waals surface area contributed by atoms with Crippen molar-refractivity contribution in [1.82, 2.24) is 9.55 Å². The number of anilines is 1. The van der Waals surface area contributed by atoms with Crippen LogP contribution < -0.4 is 9.46 Å². The Hall–Kier alpha value is -2.66. The fourth-order valence-electron chi connectivity index (χ4n) is 2.24. The Labute approximate surface area is 163 Å². The molecule has 0 aliphatic carbocycles. The number of rotatable bonds is 6. The van der Waals surface area contributed by atoms with E-state index in [0.29, 0.717) is 0 Å². The Bertz CT molecular complexity index is 1060. The third-order valence-electron chi connectivity index (χ3n) is 3.46. The van der Waals surface area contributed by atoms with Crippen LogP contribution in [0.15, 0.2) is 75.9 Å². The molecule has 0 bridgehead atoms. The number of hydrogen-bond acceptors (Lipinski definition) is 5. The van der Waals surface area contributed by atoms with Crippen LogP contribution in [-0.4, -0.2) is 24.3 Å². The summed E-state index contributed by atoms with van der Waals surface area (Å²) in [5, 5.41) is 0.756. The van der Waals surface area contributed by atoms with Gasteiger partial charge in [0, 0.05) is 30.0 Å². The largest absolute Gasteiger partial charge is 0.573 e. The van der Waals surface area contributed by atoms with Gasteiger partial charge in [-0.1, -0.05) is 23.9 Å². The number of nitrogens with one attached hydrogen (secondary N) is 1. The Morgan fingerprint density at radius 1 is 1.11 bits per heavy atom. The van der Waals surface area contributed by atoms with Gasteiger partial charge < -0.3 is 9.30 Å². The van der Waals surface area contributed by atoms with Gasteiger partial charge in [-0.15, -0.1) is 13.2 Å². The maximum atomic E-state index is 12.5. The highest BCUT2D eigenvalue weighted by Crippen LogP contribution is 2.31. The molecule has 2 aromatic carbocycles. The summed E-state index contributed by atoms with van der Waals surface area (Å²) in [5.74, 6) is -0.801. The quantitative estimate of drug-likeness (QED) is 0.634. The number of benzene rings is 2. The number of para-hydroxylation sites is 1. The number of halogens is 3. The van der Waals surface area contributed by atoms with Crippen LogP contribution in [-0.2, 0) is 17.1 Å². The number of sulfonamides is 1. The van der Waals surface area contributed by atoms with E-state index in [9.17, 15) is 21.6 Å². The van der Waals surface area contributed by atoms with Gasteiger partial charge in [0.25, 0.3) is 10.0 Å². The molecule has 28 heavy (non-hydrogen) atoms. The van der Waals surface area contributed by atoms with Gasteiger partial charge in [-0.05, 0) is 36.4 Å². The second-order valence-electron chi connectivity index (χ2n) is 5.55. The molecule has 1 N–H and O–H groups in total. The van der Waals surface area contributed by atoms with Crippen molar-refractivity contribution in [2.45, 2.75) is 21.3 Å². The molecular formula is C17H14F3N3O3S2. The van der Waals surface area contributed by atoms with Crippen molar-refractivity contribution >= 4 is 27.5 Å². The molecule has 0 saturated carbocycles. The van der Waals surface area contributed by atoms with E-state index in [4.69, 9.17) is 0 Å². The van der Waals surface area contributed by atoms with Crippen LogP contribution in [0, 0.1) is 0 Å². The lowest BCUT2D eigenvalue weighted by atomic mass is 10.3. The molecule has 0 amide bonds. The van der Waals surface area contributed by atoms with Crippen molar-refractivity contribution in [1.29, 1.82) is 0 Å². The molecule has 0 radical (unpaired) electrons. The fraction of sp³-hybridized carbons (Fsp3) is 0.118. The third-order valence-corrected chi connectivity index (χ3v) is 5.96. The van der Waals surface area contributed by atoms with Gasteiger partial charge in [0.1, 0.15) is 10.6 Å². The Morgan fingerprint density at radius 3 is 2.39 bits per heavy atom. The summed E-state index contributed by atoms with van der Waals surface area (Å²) in [6.45, 7) is 0. The minimum atomic E-state index is -5.00. The van der Waals surface area contributed by atoms with Crippen molar-refractivity contribution in [3.63, 3.8) is 0 Å². The molecule has 6 nitrogen and oxygen atoms in total. The topological polar surface area (TPSA) is 73.2 Å². The van der Waals surface area contributed by atoms with E-state index >= 15 is 0 Å². The highest BCUT2D eigenvalue weighted by Gasteiger charge is 2.34. The minimum Gasteiger partial charge on any atom is -0.404 e. The maximum absolute atomic E-state index is 12.5. The van der Waals surface area contributed by atoms with Crippen molar-refractivity contribution in [3.05, 3.63) is 60.9 Å². The van der Waals surface area contributed by atoms with Crippen LogP contribution >= 0.6 is 11.8 Å². The van der Waals surface area contributed by atoms with Gasteiger partial charge in [0.2, 0.25) is 0 Å². The second kappa shape index (κ2) is 7.76. The molecule has 3 aromatic rings. The van der Waals surface area contributed by atoms with E-state index in [0.717, 1.165) is 22.2 Å². The highest BCUT2D eigenvalue weighted by molar-refractivity contribution is 7.99. The molecule has 0 aliphatic rings. The Morgan fingerprint density at radius 2 is 1.79 bits per heavy atom. The molecule has 11 heteroatoms. The zero-order valence-corrected chi connectivity index (χ0v) is 16.0. The Balaban J connectivity index is 1.79. The summed E-state index contributed by atoms with van der Waals surface area (Å²) in [5.41, 5.74) is 0.200. The summed E-state index contributed by atoms with van der Waals surface area (Å²) < 4.78 is 70.5. The fourth-order valence-corrected chi connectivity index (χ4v) is 4.23. The molecule has 148 valence electrons. The van der Waals surface area contributed by atoms with E-state index in [1.165, 1.54) is 36.0 Å². The van der Waals surface area contributed by atoms with Gasteiger partial charge in [-0.3, -0.25) is 4.72 Å². The number of hydrogen-bond donors (Lipinski definition) is 1. The second-order valence-corrected chi connectivity index (χ2v) is 8.24. The smallest absolute Gasteiger partial charge is 0.404 e. The van der Waals surface area contributed by atoms with Crippen LogP contribution in [0.25, 0.3) is 0 Å². The number of imidazole rings is 1. The normalized spacial score (nSPS) is 12.0. The number of nitrogens with zero attached hydrogens (tertiary/aromatic N) is 2. The first kappa shape index (κ1) is 20.1. The van der Waals surface area contributed by atoms with E-state index in [-0.39, 0.29) is 5.69 Å². The number of ether oxygens (including phenoxy) is 1. The molecule has 0 spiro atoms. The average Bonchev–Trinajstić information content (AvgIpc) is 3.00. The number of alkyl halides is 3. The van der Waals surface area contributed by atoms with Gasteiger partial charge in [0.15, 0.2) is 5.16 Å². The third kappa shape index (κ3) is 4.98. The van der Waals surface area contributed by atoms with Crippen LogP contribution in [0.5, 0.6) is 5.75 Å². The van der Waals surface area contributed by atoms with Crippen molar-refractivity contribution < 1.29 is 26.3 Å². The molecular weight excluding hydrogens is 415 g/mol. The van der Waals surface area contributed by atoms with Crippen LogP contribution in [0.3, 0.4) is 0 Å². The highest BCUT2D eigenvalue weighted by atomic mass is 32.2. The SMILES string of the molecule is Cn1ccnc1Sc1ccc(NS(=O)(=O)c2ccccc2OC(F)(F)F)cc1. The summed E-state index contributed by atoms with van der Waals surface area (Å²) in [6, 6.07) is 10.9. The van der Waals surface area contributed by atoms with E-state index in [1.807, 2.05) is 11.6 Å². The average molecular weight is 429 g/mol. The maximum Gasteiger partial charge on any atom is 0.573 e. The van der Waals surface area contributed by atoms with Crippen molar-refractivity contribution in [2.24, 2.45) is 7.05 Å². The van der Waals surface area contributed by atoms with Gasteiger partial charge >= 0.3 is 6.36 Å². The van der Waals surface area contributed by atoms with Gasteiger partial charge in [-0.2, -0.15) is 0 Å². The zero-order valence-electron chi connectivity index (χ0n) is 14.3. The predicted molar refractivity (Wildman–Crippen MR) is 97.7 cm³/mol. The first-order valence-corrected chi connectivity index (χ1v) is 10.1. The summed E-state index contributed by atoms with van der Waals surface area (Å²) >= 11 is 1.38. The minimum absolute atomic E-state index is 0.200. The molecule has 3 rings (SSSR count). The summed E-state index contributed by atoms with van der Waals surface area (Å²) in [7, 11) is -2.44. The standard InChI is InChI=1S/C17H14F3N3O3S2/c1-23-11-10-21-16(23)27-13-8-6-12(7-9-13)22-28(24,25)15-5-3-2-4-14(15)26-17(18,19)20/h2-11,22H,1H3.